The molecule has 1 N–H and O–H groups in total. The van der Waals surface area contributed by atoms with E-state index in [1.807, 2.05) is 24.3 Å². The SMILES string of the molecule is Cc1ncc2c(c1O)CO[C@H]2c1ccc(Cl)cc1.Cl. The van der Waals surface area contributed by atoms with Crippen LogP contribution in [0.15, 0.2) is 30.5 Å². The summed E-state index contributed by atoms with van der Waals surface area (Å²) in [5.41, 5.74) is 3.42. The molecule has 0 bridgehead atoms. The summed E-state index contributed by atoms with van der Waals surface area (Å²) in [7, 11) is 0. The van der Waals surface area contributed by atoms with Gasteiger partial charge in [0.05, 0.1) is 12.3 Å². The van der Waals surface area contributed by atoms with E-state index in [1.165, 1.54) is 0 Å². The summed E-state index contributed by atoms with van der Waals surface area (Å²) in [4.78, 5) is 4.19. The number of nitrogens with zero attached hydrogens (tertiary/aromatic N) is 1. The van der Waals surface area contributed by atoms with Crippen LogP contribution in [0.5, 0.6) is 5.75 Å². The van der Waals surface area contributed by atoms with E-state index in [0.29, 0.717) is 17.3 Å². The van der Waals surface area contributed by atoms with Crippen LogP contribution in [0, 0.1) is 6.92 Å². The van der Waals surface area contributed by atoms with Crippen molar-refractivity contribution in [3.8, 4) is 5.75 Å². The number of aromatic hydroxyl groups is 1. The number of hydrogen-bond donors (Lipinski definition) is 1. The van der Waals surface area contributed by atoms with Gasteiger partial charge in [-0.15, -0.1) is 12.4 Å². The van der Waals surface area contributed by atoms with Crippen molar-refractivity contribution in [2.75, 3.05) is 0 Å². The van der Waals surface area contributed by atoms with Gasteiger partial charge in [-0.2, -0.15) is 0 Å². The van der Waals surface area contributed by atoms with Crippen molar-refractivity contribution in [3.05, 3.63) is 57.9 Å². The van der Waals surface area contributed by atoms with Gasteiger partial charge < -0.3 is 9.84 Å². The summed E-state index contributed by atoms with van der Waals surface area (Å²) in [6.45, 7) is 2.20. The molecule has 0 unspecified atom stereocenters. The number of hydrogen-bond acceptors (Lipinski definition) is 3. The summed E-state index contributed by atoms with van der Waals surface area (Å²) in [5.74, 6) is 0.240. The molecular weight excluding hydrogens is 285 g/mol. The second kappa shape index (κ2) is 5.37. The fraction of sp³-hybridized carbons (Fsp3) is 0.214. The molecule has 0 fully saturated rings. The van der Waals surface area contributed by atoms with E-state index in [9.17, 15) is 5.11 Å². The number of fused-ring (bicyclic) bond motifs is 1. The Bertz CT molecular complexity index is 599. The average molecular weight is 298 g/mol. The molecule has 1 atom stereocenters. The molecule has 2 aromatic rings. The Morgan fingerprint density at radius 2 is 2.00 bits per heavy atom. The second-order valence-electron chi connectivity index (χ2n) is 4.37. The number of benzene rings is 1. The number of ether oxygens (including phenoxy) is 1. The Hall–Kier alpha value is -1.29. The monoisotopic (exact) mass is 297 g/mol. The molecule has 5 heteroatoms. The van der Waals surface area contributed by atoms with Crippen molar-refractivity contribution in [2.24, 2.45) is 0 Å². The van der Waals surface area contributed by atoms with Gasteiger partial charge in [-0.1, -0.05) is 23.7 Å². The van der Waals surface area contributed by atoms with Crippen molar-refractivity contribution in [3.63, 3.8) is 0 Å². The molecule has 0 amide bonds. The smallest absolute Gasteiger partial charge is 0.142 e. The first-order chi connectivity index (χ1) is 8.66. The third-order valence-electron chi connectivity index (χ3n) is 3.22. The molecule has 100 valence electrons. The largest absolute Gasteiger partial charge is 0.506 e. The van der Waals surface area contributed by atoms with Crippen LogP contribution in [0.4, 0.5) is 0 Å². The lowest BCUT2D eigenvalue weighted by Gasteiger charge is -2.11. The van der Waals surface area contributed by atoms with Crippen molar-refractivity contribution in [1.82, 2.24) is 4.98 Å². The zero-order valence-corrected chi connectivity index (χ0v) is 11.8. The number of halogens is 2. The number of pyridine rings is 1. The fourth-order valence-corrected chi connectivity index (χ4v) is 2.33. The minimum Gasteiger partial charge on any atom is -0.506 e. The minimum absolute atomic E-state index is 0. The lowest BCUT2D eigenvalue weighted by Crippen LogP contribution is -1.99. The Balaban J connectivity index is 0.00000133. The average Bonchev–Trinajstić information content (AvgIpc) is 2.79. The van der Waals surface area contributed by atoms with Crippen LogP contribution in [0.2, 0.25) is 5.02 Å². The van der Waals surface area contributed by atoms with Crippen LogP contribution in [0.3, 0.4) is 0 Å². The lowest BCUT2D eigenvalue weighted by molar-refractivity contribution is 0.0932. The van der Waals surface area contributed by atoms with Crippen LogP contribution in [-0.4, -0.2) is 10.1 Å². The molecule has 0 aliphatic carbocycles. The van der Waals surface area contributed by atoms with Gasteiger partial charge >= 0.3 is 0 Å². The van der Waals surface area contributed by atoms with Crippen LogP contribution in [-0.2, 0) is 11.3 Å². The molecule has 0 saturated heterocycles. The predicted octanol–water partition coefficient (Wildman–Crippen LogP) is 3.79. The van der Waals surface area contributed by atoms with E-state index >= 15 is 0 Å². The maximum atomic E-state index is 9.96. The Morgan fingerprint density at radius 3 is 2.68 bits per heavy atom. The highest BCUT2D eigenvalue weighted by molar-refractivity contribution is 6.30. The highest BCUT2D eigenvalue weighted by Crippen LogP contribution is 2.40. The third kappa shape index (κ3) is 2.41. The minimum atomic E-state index is -0.170. The van der Waals surface area contributed by atoms with E-state index in [1.54, 1.807) is 13.1 Å². The van der Waals surface area contributed by atoms with Crippen LogP contribution in [0.1, 0.15) is 28.5 Å². The highest BCUT2D eigenvalue weighted by atomic mass is 35.5. The van der Waals surface area contributed by atoms with E-state index < -0.39 is 0 Å². The van der Waals surface area contributed by atoms with Crippen LogP contribution < -0.4 is 0 Å². The van der Waals surface area contributed by atoms with Crippen LogP contribution in [0.25, 0.3) is 0 Å². The molecule has 3 nitrogen and oxygen atoms in total. The van der Waals surface area contributed by atoms with E-state index in [0.717, 1.165) is 16.7 Å². The van der Waals surface area contributed by atoms with Gasteiger partial charge in [0.25, 0.3) is 0 Å². The quantitative estimate of drug-likeness (QED) is 0.871. The Kier molecular flexibility index (Phi) is 3.99. The number of aromatic nitrogens is 1. The standard InChI is InChI=1S/C14H12ClNO2.ClH/c1-8-13(17)12-7-18-14(11(12)6-16-8)9-2-4-10(15)5-3-9;/h2-6,14,17H,7H2,1H3;1H/t14-;/m0./s1. The normalized spacial score (nSPS) is 16.8. The van der Waals surface area contributed by atoms with Crippen molar-refractivity contribution in [1.29, 1.82) is 0 Å². The van der Waals surface area contributed by atoms with Crippen molar-refractivity contribution in [2.45, 2.75) is 19.6 Å². The zero-order valence-electron chi connectivity index (χ0n) is 10.3. The second-order valence-corrected chi connectivity index (χ2v) is 4.81. The van der Waals surface area contributed by atoms with Gasteiger partial charge in [0.15, 0.2) is 0 Å². The maximum Gasteiger partial charge on any atom is 0.142 e. The van der Waals surface area contributed by atoms with E-state index in [2.05, 4.69) is 4.98 Å². The van der Waals surface area contributed by atoms with Gasteiger partial charge in [0, 0.05) is 22.3 Å². The molecule has 3 rings (SSSR count). The fourth-order valence-electron chi connectivity index (χ4n) is 2.21. The first-order valence-electron chi connectivity index (χ1n) is 5.71. The summed E-state index contributed by atoms with van der Waals surface area (Å²) in [6, 6.07) is 7.53. The van der Waals surface area contributed by atoms with Gasteiger partial charge in [-0.3, -0.25) is 4.98 Å². The lowest BCUT2D eigenvalue weighted by atomic mass is 10.0. The molecule has 0 radical (unpaired) electrons. The van der Waals surface area contributed by atoms with Crippen LogP contribution >= 0.6 is 24.0 Å². The van der Waals surface area contributed by atoms with E-state index in [-0.39, 0.29) is 24.3 Å². The summed E-state index contributed by atoms with van der Waals surface area (Å²) in [6.07, 6.45) is 1.60. The first kappa shape index (κ1) is 14.1. The predicted molar refractivity (Wildman–Crippen MR) is 76.0 cm³/mol. The Morgan fingerprint density at radius 1 is 1.32 bits per heavy atom. The Labute approximate surface area is 122 Å². The number of rotatable bonds is 1. The summed E-state index contributed by atoms with van der Waals surface area (Å²) >= 11 is 5.87. The highest BCUT2D eigenvalue weighted by Gasteiger charge is 2.28. The molecular formula is C14H13Cl2NO2. The van der Waals surface area contributed by atoms with E-state index in [4.69, 9.17) is 16.3 Å². The molecule has 2 heterocycles. The molecule has 0 saturated carbocycles. The molecule has 0 spiro atoms. The molecule has 1 aromatic heterocycles. The van der Waals surface area contributed by atoms with Gasteiger partial charge in [0.2, 0.25) is 0 Å². The van der Waals surface area contributed by atoms with Crippen molar-refractivity contribution < 1.29 is 9.84 Å². The molecule has 1 aliphatic rings. The van der Waals surface area contributed by atoms with Gasteiger partial charge in [-0.05, 0) is 24.6 Å². The van der Waals surface area contributed by atoms with Gasteiger partial charge in [0.1, 0.15) is 11.9 Å². The summed E-state index contributed by atoms with van der Waals surface area (Å²) < 4.78 is 5.74. The zero-order chi connectivity index (χ0) is 12.7. The third-order valence-corrected chi connectivity index (χ3v) is 3.48. The van der Waals surface area contributed by atoms with Crippen molar-refractivity contribution >= 4 is 24.0 Å². The summed E-state index contributed by atoms with van der Waals surface area (Å²) in [5, 5.41) is 10.7. The number of aryl methyl sites for hydroxylation is 1. The molecule has 1 aromatic carbocycles. The molecule has 19 heavy (non-hydrogen) atoms. The maximum absolute atomic E-state index is 9.96. The topological polar surface area (TPSA) is 42.4 Å². The van der Waals surface area contributed by atoms with Gasteiger partial charge in [-0.25, -0.2) is 0 Å². The first-order valence-corrected chi connectivity index (χ1v) is 6.09. The molecule has 1 aliphatic heterocycles.